The van der Waals surface area contributed by atoms with Crippen molar-refractivity contribution in [2.24, 2.45) is 0 Å². The molecule has 0 saturated heterocycles. The van der Waals surface area contributed by atoms with Gasteiger partial charge in [-0.15, -0.1) is 10.2 Å². The van der Waals surface area contributed by atoms with Crippen LogP contribution in [0.5, 0.6) is 0 Å². The molecule has 0 aliphatic heterocycles. The van der Waals surface area contributed by atoms with Crippen molar-refractivity contribution in [3.05, 3.63) is 63.5 Å². The van der Waals surface area contributed by atoms with Gasteiger partial charge in [-0.25, -0.2) is 0 Å². The van der Waals surface area contributed by atoms with Crippen molar-refractivity contribution in [3.8, 4) is 0 Å². The van der Waals surface area contributed by atoms with Crippen LogP contribution in [-0.2, 0) is 12.8 Å². The third-order valence-corrected chi connectivity index (χ3v) is 3.84. The summed E-state index contributed by atoms with van der Waals surface area (Å²) in [6.07, 6.45) is 3.71. The number of hydrogen-bond donors (Lipinski definition) is 0. The first-order valence-corrected chi connectivity index (χ1v) is 7.14. The van der Waals surface area contributed by atoms with Crippen LogP contribution in [0.25, 0.3) is 5.65 Å². The fourth-order valence-corrected chi connectivity index (χ4v) is 2.69. The van der Waals surface area contributed by atoms with E-state index < -0.39 is 0 Å². The SMILES string of the molecule is Clc1cccc(CCc2nnc3c(Br)cccn23)c1. The lowest BCUT2D eigenvalue weighted by molar-refractivity contribution is 0.839. The number of pyridine rings is 1. The van der Waals surface area contributed by atoms with Crippen LogP contribution in [0.1, 0.15) is 11.4 Å². The van der Waals surface area contributed by atoms with Crippen LogP contribution in [0.3, 0.4) is 0 Å². The smallest absolute Gasteiger partial charge is 0.175 e. The summed E-state index contributed by atoms with van der Waals surface area (Å²) in [4.78, 5) is 0. The highest BCUT2D eigenvalue weighted by atomic mass is 79.9. The molecule has 0 unspecified atom stereocenters. The van der Waals surface area contributed by atoms with E-state index >= 15 is 0 Å². The average molecular weight is 337 g/mol. The number of aromatic nitrogens is 3. The van der Waals surface area contributed by atoms with Gasteiger partial charge in [0, 0.05) is 17.6 Å². The molecule has 0 spiro atoms. The minimum atomic E-state index is 0.770. The quantitative estimate of drug-likeness (QED) is 0.725. The van der Waals surface area contributed by atoms with Gasteiger partial charge in [-0.3, -0.25) is 4.40 Å². The lowest BCUT2D eigenvalue weighted by atomic mass is 10.1. The maximum atomic E-state index is 5.98. The van der Waals surface area contributed by atoms with E-state index in [-0.39, 0.29) is 0 Å². The van der Waals surface area contributed by atoms with Gasteiger partial charge in [0.1, 0.15) is 5.82 Å². The number of fused-ring (bicyclic) bond motifs is 1. The Hall–Kier alpha value is -1.39. The Labute approximate surface area is 124 Å². The topological polar surface area (TPSA) is 30.2 Å². The first kappa shape index (κ1) is 12.6. The van der Waals surface area contributed by atoms with Crippen molar-refractivity contribution in [3.63, 3.8) is 0 Å². The third kappa shape index (κ3) is 2.65. The molecule has 3 rings (SSSR count). The first-order valence-electron chi connectivity index (χ1n) is 5.96. The molecule has 2 aromatic heterocycles. The van der Waals surface area contributed by atoms with Crippen LogP contribution in [0, 0.1) is 0 Å². The second-order valence-electron chi connectivity index (χ2n) is 4.30. The summed E-state index contributed by atoms with van der Waals surface area (Å²) >= 11 is 9.46. The van der Waals surface area contributed by atoms with E-state index in [1.54, 1.807) is 0 Å². The van der Waals surface area contributed by atoms with E-state index in [0.29, 0.717) is 0 Å². The number of aryl methyl sites for hydroxylation is 2. The third-order valence-electron chi connectivity index (χ3n) is 2.98. The average Bonchev–Trinajstić information content (AvgIpc) is 2.81. The molecule has 0 N–H and O–H groups in total. The number of halogens is 2. The Bertz CT molecular complexity index is 724. The zero-order valence-corrected chi connectivity index (χ0v) is 12.4. The van der Waals surface area contributed by atoms with Gasteiger partial charge in [-0.2, -0.15) is 0 Å². The minimum Gasteiger partial charge on any atom is -0.285 e. The molecule has 0 aliphatic carbocycles. The van der Waals surface area contributed by atoms with Crippen LogP contribution in [0.2, 0.25) is 5.02 Å². The molecule has 96 valence electrons. The summed E-state index contributed by atoms with van der Waals surface area (Å²) in [6.45, 7) is 0. The fourth-order valence-electron chi connectivity index (χ4n) is 2.05. The zero-order valence-electron chi connectivity index (χ0n) is 10.1. The summed E-state index contributed by atoms with van der Waals surface area (Å²) < 4.78 is 2.96. The van der Waals surface area contributed by atoms with Crippen LogP contribution >= 0.6 is 27.5 Å². The molecule has 19 heavy (non-hydrogen) atoms. The molecule has 2 heterocycles. The molecule has 0 aliphatic rings. The van der Waals surface area contributed by atoms with Gasteiger partial charge in [0.05, 0.1) is 4.47 Å². The second-order valence-corrected chi connectivity index (χ2v) is 5.59. The number of hydrogen-bond acceptors (Lipinski definition) is 2. The van der Waals surface area contributed by atoms with Crippen molar-refractivity contribution in [2.75, 3.05) is 0 Å². The summed E-state index contributed by atoms with van der Waals surface area (Å²) in [7, 11) is 0. The first-order chi connectivity index (χ1) is 9.24. The molecule has 0 fully saturated rings. The minimum absolute atomic E-state index is 0.770. The molecular weight excluding hydrogens is 326 g/mol. The summed E-state index contributed by atoms with van der Waals surface area (Å²) in [5.74, 6) is 0.955. The van der Waals surface area contributed by atoms with Gasteiger partial charge in [0.2, 0.25) is 0 Å². The summed E-state index contributed by atoms with van der Waals surface area (Å²) in [6, 6.07) is 11.9. The van der Waals surface area contributed by atoms with E-state index in [1.165, 1.54) is 5.56 Å². The van der Waals surface area contributed by atoms with E-state index in [0.717, 1.165) is 33.8 Å². The highest BCUT2D eigenvalue weighted by molar-refractivity contribution is 9.10. The van der Waals surface area contributed by atoms with Crippen LogP contribution in [0.15, 0.2) is 47.1 Å². The van der Waals surface area contributed by atoms with Gasteiger partial charge in [0.15, 0.2) is 5.65 Å². The van der Waals surface area contributed by atoms with E-state index in [9.17, 15) is 0 Å². The molecular formula is C14H11BrClN3. The Balaban J connectivity index is 1.84. The maximum Gasteiger partial charge on any atom is 0.175 e. The van der Waals surface area contributed by atoms with Crippen molar-refractivity contribution in [1.29, 1.82) is 0 Å². The molecule has 0 bridgehead atoms. The van der Waals surface area contributed by atoms with Crippen molar-refractivity contribution in [2.45, 2.75) is 12.8 Å². The molecule has 0 saturated carbocycles. The molecule has 0 radical (unpaired) electrons. The monoisotopic (exact) mass is 335 g/mol. The van der Waals surface area contributed by atoms with Gasteiger partial charge < -0.3 is 0 Å². The van der Waals surface area contributed by atoms with Crippen LogP contribution < -0.4 is 0 Å². The molecule has 0 amide bonds. The Morgan fingerprint density at radius 2 is 2.00 bits per heavy atom. The van der Waals surface area contributed by atoms with Gasteiger partial charge >= 0.3 is 0 Å². The standard InChI is InChI=1S/C14H11BrClN3/c15-12-5-2-8-19-13(17-18-14(12)19)7-6-10-3-1-4-11(16)9-10/h1-5,8-9H,6-7H2. The molecule has 3 aromatic rings. The highest BCUT2D eigenvalue weighted by Crippen LogP contribution is 2.17. The zero-order chi connectivity index (χ0) is 13.2. The van der Waals surface area contributed by atoms with Crippen molar-refractivity contribution >= 4 is 33.2 Å². The van der Waals surface area contributed by atoms with Gasteiger partial charge in [-0.05, 0) is 52.2 Å². The van der Waals surface area contributed by atoms with Crippen molar-refractivity contribution < 1.29 is 0 Å². The van der Waals surface area contributed by atoms with E-state index in [2.05, 4.69) is 32.2 Å². The van der Waals surface area contributed by atoms with Crippen LogP contribution in [0.4, 0.5) is 0 Å². The molecule has 3 nitrogen and oxygen atoms in total. The predicted molar refractivity (Wildman–Crippen MR) is 79.5 cm³/mol. The van der Waals surface area contributed by atoms with E-state index in [4.69, 9.17) is 11.6 Å². The largest absolute Gasteiger partial charge is 0.285 e. The number of rotatable bonds is 3. The number of nitrogens with zero attached hydrogens (tertiary/aromatic N) is 3. The highest BCUT2D eigenvalue weighted by Gasteiger charge is 2.07. The van der Waals surface area contributed by atoms with Crippen molar-refractivity contribution in [1.82, 2.24) is 14.6 Å². The Morgan fingerprint density at radius 3 is 2.84 bits per heavy atom. The fraction of sp³-hybridized carbons (Fsp3) is 0.143. The summed E-state index contributed by atoms with van der Waals surface area (Å²) in [5.41, 5.74) is 2.06. The van der Waals surface area contributed by atoms with Gasteiger partial charge in [-0.1, -0.05) is 23.7 Å². The second kappa shape index (κ2) is 5.31. The van der Waals surface area contributed by atoms with E-state index in [1.807, 2.05) is 40.9 Å². The van der Waals surface area contributed by atoms with Gasteiger partial charge in [0.25, 0.3) is 0 Å². The Kier molecular flexibility index (Phi) is 3.53. The molecule has 5 heteroatoms. The Morgan fingerprint density at radius 1 is 1.11 bits per heavy atom. The maximum absolute atomic E-state index is 5.98. The predicted octanol–water partition coefficient (Wildman–Crippen LogP) is 3.93. The normalized spacial score (nSPS) is 11.1. The lowest BCUT2D eigenvalue weighted by Crippen LogP contribution is -1.98. The lowest BCUT2D eigenvalue weighted by Gasteiger charge is -2.02. The molecule has 1 aromatic carbocycles. The molecule has 0 atom stereocenters. The number of benzene rings is 1. The summed E-state index contributed by atoms with van der Waals surface area (Å²) in [5, 5.41) is 9.20. The van der Waals surface area contributed by atoms with Crippen LogP contribution in [-0.4, -0.2) is 14.6 Å².